The first kappa shape index (κ1) is 17.5. The van der Waals surface area contributed by atoms with Crippen molar-refractivity contribution in [3.8, 4) is 5.75 Å². The SMILES string of the molecule is CC1(C)OB(c2ccc(COc3cccc(Br)c3)cc2)OC1(C)C. The standard InChI is InChI=1S/C19H22BBrO3/c1-18(2)19(3,4)24-20(23-18)15-10-8-14(9-11-15)13-22-17-7-5-6-16(21)12-17/h5-12H,13H2,1-4H3. The Kier molecular flexibility index (Phi) is 4.78. The number of hydrogen-bond donors (Lipinski definition) is 0. The Morgan fingerprint density at radius 2 is 1.58 bits per heavy atom. The van der Waals surface area contributed by atoms with E-state index in [1.54, 1.807) is 0 Å². The zero-order chi connectivity index (χ0) is 17.4. The first-order valence-electron chi connectivity index (χ1n) is 8.10. The average molecular weight is 389 g/mol. The fraction of sp³-hybridized carbons (Fsp3) is 0.368. The molecule has 0 atom stereocenters. The van der Waals surface area contributed by atoms with E-state index in [9.17, 15) is 0 Å². The van der Waals surface area contributed by atoms with Crippen molar-refractivity contribution in [3.63, 3.8) is 0 Å². The number of benzene rings is 2. The van der Waals surface area contributed by atoms with Gasteiger partial charge in [-0.05, 0) is 56.9 Å². The van der Waals surface area contributed by atoms with E-state index in [1.165, 1.54) is 0 Å². The highest BCUT2D eigenvalue weighted by Crippen LogP contribution is 2.36. The number of rotatable bonds is 4. The summed E-state index contributed by atoms with van der Waals surface area (Å²) in [4.78, 5) is 0. The molecule has 0 radical (unpaired) electrons. The van der Waals surface area contributed by atoms with E-state index in [1.807, 2.05) is 36.4 Å². The van der Waals surface area contributed by atoms with Crippen molar-refractivity contribution in [3.05, 3.63) is 58.6 Å². The summed E-state index contributed by atoms with van der Waals surface area (Å²) in [5.41, 5.74) is 1.50. The van der Waals surface area contributed by atoms with Crippen LogP contribution in [0.3, 0.4) is 0 Å². The second-order valence-corrected chi connectivity index (χ2v) is 7.99. The molecule has 1 aliphatic rings. The smallest absolute Gasteiger partial charge is 0.489 e. The van der Waals surface area contributed by atoms with Gasteiger partial charge in [-0.15, -0.1) is 0 Å². The third-order valence-electron chi connectivity index (χ3n) is 4.71. The topological polar surface area (TPSA) is 27.7 Å². The lowest BCUT2D eigenvalue weighted by Crippen LogP contribution is -2.41. The molecule has 2 aromatic rings. The van der Waals surface area contributed by atoms with Crippen LogP contribution in [-0.4, -0.2) is 18.3 Å². The quantitative estimate of drug-likeness (QED) is 0.729. The molecule has 0 aromatic heterocycles. The zero-order valence-corrected chi connectivity index (χ0v) is 16.1. The molecule has 1 aliphatic heterocycles. The van der Waals surface area contributed by atoms with E-state index in [-0.39, 0.29) is 18.3 Å². The highest BCUT2D eigenvalue weighted by atomic mass is 79.9. The summed E-state index contributed by atoms with van der Waals surface area (Å²) in [7, 11) is -0.324. The molecule has 1 saturated heterocycles. The minimum atomic E-state index is -0.324. The van der Waals surface area contributed by atoms with Crippen molar-refractivity contribution >= 4 is 28.5 Å². The van der Waals surface area contributed by atoms with Gasteiger partial charge in [-0.25, -0.2) is 0 Å². The van der Waals surface area contributed by atoms with Crippen LogP contribution in [0, 0.1) is 0 Å². The summed E-state index contributed by atoms with van der Waals surface area (Å²) in [6.07, 6.45) is 0. The summed E-state index contributed by atoms with van der Waals surface area (Å²) in [6, 6.07) is 16.0. The minimum Gasteiger partial charge on any atom is -0.489 e. The maximum atomic E-state index is 6.07. The molecular weight excluding hydrogens is 367 g/mol. The van der Waals surface area contributed by atoms with Gasteiger partial charge in [-0.2, -0.15) is 0 Å². The van der Waals surface area contributed by atoms with Crippen molar-refractivity contribution < 1.29 is 14.0 Å². The summed E-state index contributed by atoms with van der Waals surface area (Å²) < 4.78 is 19.0. The van der Waals surface area contributed by atoms with Gasteiger partial charge in [0.2, 0.25) is 0 Å². The maximum absolute atomic E-state index is 6.07. The van der Waals surface area contributed by atoms with E-state index in [0.29, 0.717) is 6.61 Å². The molecular formula is C19H22BBrO3. The van der Waals surface area contributed by atoms with Crippen LogP contribution < -0.4 is 10.2 Å². The molecule has 24 heavy (non-hydrogen) atoms. The Balaban J connectivity index is 1.64. The van der Waals surface area contributed by atoms with Crippen LogP contribution in [0.2, 0.25) is 0 Å². The average Bonchev–Trinajstić information content (AvgIpc) is 2.74. The molecule has 0 amide bonds. The zero-order valence-electron chi connectivity index (χ0n) is 14.5. The normalized spacial score (nSPS) is 18.6. The van der Waals surface area contributed by atoms with Crippen LogP contribution in [0.4, 0.5) is 0 Å². The molecule has 0 aliphatic carbocycles. The van der Waals surface area contributed by atoms with Crippen LogP contribution in [-0.2, 0) is 15.9 Å². The van der Waals surface area contributed by atoms with Crippen molar-refractivity contribution in [2.75, 3.05) is 0 Å². The molecule has 1 heterocycles. The van der Waals surface area contributed by atoms with Gasteiger partial charge in [-0.1, -0.05) is 46.3 Å². The third-order valence-corrected chi connectivity index (χ3v) is 5.20. The van der Waals surface area contributed by atoms with E-state index < -0.39 is 0 Å². The number of ether oxygens (including phenoxy) is 1. The Morgan fingerprint density at radius 3 is 2.17 bits per heavy atom. The molecule has 1 fully saturated rings. The van der Waals surface area contributed by atoms with Gasteiger partial charge < -0.3 is 14.0 Å². The summed E-state index contributed by atoms with van der Waals surface area (Å²) >= 11 is 3.45. The fourth-order valence-electron chi connectivity index (χ4n) is 2.47. The second kappa shape index (κ2) is 6.55. The Bertz CT molecular complexity index is 697. The van der Waals surface area contributed by atoms with E-state index in [0.717, 1.165) is 21.2 Å². The van der Waals surface area contributed by atoms with E-state index in [4.69, 9.17) is 14.0 Å². The summed E-state index contributed by atoms with van der Waals surface area (Å²) in [5, 5.41) is 0. The molecule has 0 spiro atoms. The van der Waals surface area contributed by atoms with Gasteiger partial charge in [0.25, 0.3) is 0 Å². The van der Waals surface area contributed by atoms with Crippen LogP contribution >= 0.6 is 15.9 Å². The van der Waals surface area contributed by atoms with Gasteiger partial charge >= 0.3 is 7.12 Å². The molecule has 126 valence electrons. The second-order valence-electron chi connectivity index (χ2n) is 7.08. The predicted molar refractivity (Wildman–Crippen MR) is 101 cm³/mol. The lowest BCUT2D eigenvalue weighted by Gasteiger charge is -2.32. The summed E-state index contributed by atoms with van der Waals surface area (Å²) in [6.45, 7) is 8.78. The monoisotopic (exact) mass is 388 g/mol. The first-order valence-corrected chi connectivity index (χ1v) is 8.89. The van der Waals surface area contributed by atoms with Gasteiger partial charge in [-0.3, -0.25) is 0 Å². The van der Waals surface area contributed by atoms with Crippen LogP contribution in [0.15, 0.2) is 53.0 Å². The Morgan fingerprint density at radius 1 is 0.958 bits per heavy atom. The Labute approximate surface area is 152 Å². The minimum absolute atomic E-state index is 0.319. The van der Waals surface area contributed by atoms with Gasteiger partial charge in [0.1, 0.15) is 12.4 Å². The largest absolute Gasteiger partial charge is 0.494 e. The summed E-state index contributed by atoms with van der Waals surface area (Å²) in [5.74, 6) is 0.847. The van der Waals surface area contributed by atoms with Crippen molar-refractivity contribution in [1.82, 2.24) is 0 Å². The van der Waals surface area contributed by atoms with Crippen molar-refractivity contribution in [1.29, 1.82) is 0 Å². The molecule has 3 rings (SSSR count). The number of halogens is 1. The molecule has 0 saturated carbocycles. The highest BCUT2D eigenvalue weighted by molar-refractivity contribution is 9.10. The fourth-order valence-corrected chi connectivity index (χ4v) is 2.85. The third kappa shape index (κ3) is 3.69. The number of hydrogen-bond acceptors (Lipinski definition) is 3. The van der Waals surface area contributed by atoms with Crippen LogP contribution in [0.25, 0.3) is 0 Å². The molecule has 0 bridgehead atoms. The van der Waals surface area contributed by atoms with Gasteiger partial charge in [0, 0.05) is 4.47 Å². The van der Waals surface area contributed by atoms with E-state index >= 15 is 0 Å². The Hall–Kier alpha value is -1.30. The van der Waals surface area contributed by atoms with E-state index in [2.05, 4.69) is 55.8 Å². The lowest BCUT2D eigenvalue weighted by molar-refractivity contribution is 0.00578. The molecule has 3 nitrogen and oxygen atoms in total. The van der Waals surface area contributed by atoms with Crippen LogP contribution in [0.5, 0.6) is 5.75 Å². The maximum Gasteiger partial charge on any atom is 0.494 e. The molecule has 2 aromatic carbocycles. The van der Waals surface area contributed by atoms with Crippen molar-refractivity contribution in [2.45, 2.75) is 45.5 Å². The predicted octanol–water partition coefficient (Wildman–Crippen LogP) is 4.33. The highest BCUT2D eigenvalue weighted by Gasteiger charge is 2.51. The molecule has 0 unspecified atom stereocenters. The van der Waals surface area contributed by atoms with Crippen molar-refractivity contribution in [2.24, 2.45) is 0 Å². The van der Waals surface area contributed by atoms with Gasteiger partial charge in [0.15, 0.2) is 0 Å². The molecule has 5 heteroatoms. The lowest BCUT2D eigenvalue weighted by atomic mass is 9.79. The van der Waals surface area contributed by atoms with Crippen LogP contribution in [0.1, 0.15) is 33.3 Å². The first-order chi connectivity index (χ1) is 11.3. The van der Waals surface area contributed by atoms with Gasteiger partial charge in [0.05, 0.1) is 11.2 Å². The molecule has 0 N–H and O–H groups in total.